The Morgan fingerprint density at radius 3 is 2.46 bits per heavy atom. The highest BCUT2D eigenvalue weighted by Crippen LogP contribution is 2.19. The zero-order chi connectivity index (χ0) is 17.4. The average Bonchev–Trinajstić information content (AvgIpc) is 2.61. The summed E-state index contributed by atoms with van der Waals surface area (Å²) in [4.78, 5) is 14.0. The van der Waals surface area contributed by atoms with Gasteiger partial charge in [-0.3, -0.25) is 4.79 Å². The summed E-state index contributed by atoms with van der Waals surface area (Å²) in [5.74, 6) is 2.28. The normalized spacial score (nSPS) is 11.2. The SMILES string of the molecule is C#CCNC(=O)[C@H](C)Nc1ccc(N(C)Cc2ccccc2)cc1. The Hall–Kier alpha value is -2.93. The smallest absolute Gasteiger partial charge is 0.242 e. The lowest BCUT2D eigenvalue weighted by Crippen LogP contribution is -2.37. The number of anilines is 2. The summed E-state index contributed by atoms with van der Waals surface area (Å²) < 4.78 is 0. The summed E-state index contributed by atoms with van der Waals surface area (Å²) in [6, 6.07) is 18.0. The molecular formula is C20H23N3O. The van der Waals surface area contributed by atoms with Crippen LogP contribution in [0.5, 0.6) is 0 Å². The predicted octanol–water partition coefficient (Wildman–Crippen LogP) is 2.87. The van der Waals surface area contributed by atoms with Gasteiger partial charge in [-0.05, 0) is 36.8 Å². The van der Waals surface area contributed by atoms with E-state index in [9.17, 15) is 4.79 Å². The number of benzene rings is 2. The van der Waals surface area contributed by atoms with E-state index in [1.54, 1.807) is 6.92 Å². The number of nitrogens with zero attached hydrogens (tertiary/aromatic N) is 1. The maximum absolute atomic E-state index is 11.8. The summed E-state index contributed by atoms with van der Waals surface area (Å²) in [5.41, 5.74) is 3.28. The molecule has 0 saturated heterocycles. The zero-order valence-electron chi connectivity index (χ0n) is 14.1. The topological polar surface area (TPSA) is 44.4 Å². The predicted molar refractivity (Wildman–Crippen MR) is 99.9 cm³/mol. The quantitative estimate of drug-likeness (QED) is 0.771. The summed E-state index contributed by atoms with van der Waals surface area (Å²) in [7, 11) is 2.06. The van der Waals surface area contributed by atoms with Crippen LogP contribution in [0.25, 0.3) is 0 Å². The standard InChI is InChI=1S/C20H23N3O/c1-4-14-21-20(24)16(2)22-18-10-12-19(13-11-18)23(3)15-17-8-6-5-7-9-17/h1,5-13,16,22H,14-15H2,2-3H3,(H,21,24)/t16-/m0/s1. The summed E-state index contributed by atoms with van der Waals surface area (Å²) in [6.45, 7) is 2.90. The van der Waals surface area contributed by atoms with Gasteiger partial charge >= 0.3 is 0 Å². The van der Waals surface area contributed by atoms with E-state index in [0.717, 1.165) is 17.9 Å². The van der Waals surface area contributed by atoms with Crippen LogP contribution in [0.15, 0.2) is 54.6 Å². The number of terminal acetylenes is 1. The molecule has 24 heavy (non-hydrogen) atoms. The highest BCUT2D eigenvalue weighted by Gasteiger charge is 2.11. The first kappa shape index (κ1) is 17.4. The molecule has 0 aromatic heterocycles. The first-order valence-electron chi connectivity index (χ1n) is 7.93. The van der Waals surface area contributed by atoms with E-state index in [4.69, 9.17) is 6.42 Å². The minimum Gasteiger partial charge on any atom is -0.374 e. The van der Waals surface area contributed by atoms with Crippen LogP contribution in [0.1, 0.15) is 12.5 Å². The van der Waals surface area contributed by atoms with Crippen LogP contribution in [0.2, 0.25) is 0 Å². The number of hydrogen-bond donors (Lipinski definition) is 2. The minimum atomic E-state index is -0.341. The second-order valence-electron chi connectivity index (χ2n) is 5.68. The third kappa shape index (κ3) is 5.06. The molecule has 1 amide bonds. The van der Waals surface area contributed by atoms with Crippen molar-refractivity contribution in [1.29, 1.82) is 0 Å². The zero-order valence-corrected chi connectivity index (χ0v) is 14.1. The van der Waals surface area contributed by atoms with Crippen LogP contribution in [0.3, 0.4) is 0 Å². The van der Waals surface area contributed by atoms with Crippen LogP contribution < -0.4 is 15.5 Å². The van der Waals surface area contributed by atoms with Gasteiger partial charge in [-0.1, -0.05) is 36.3 Å². The van der Waals surface area contributed by atoms with Gasteiger partial charge in [0.25, 0.3) is 0 Å². The van der Waals surface area contributed by atoms with E-state index >= 15 is 0 Å². The van der Waals surface area contributed by atoms with Crippen molar-refractivity contribution in [3.05, 3.63) is 60.2 Å². The number of amides is 1. The Balaban J connectivity index is 1.92. The van der Waals surface area contributed by atoms with Crippen LogP contribution in [0.4, 0.5) is 11.4 Å². The van der Waals surface area contributed by atoms with Gasteiger partial charge in [-0.25, -0.2) is 0 Å². The van der Waals surface area contributed by atoms with Gasteiger partial charge in [0.1, 0.15) is 6.04 Å². The van der Waals surface area contributed by atoms with Crippen molar-refractivity contribution in [3.63, 3.8) is 0 Å². The molecule has 0 spiro atoms. The van der Waals surface area contributed by atoms with Gasteiger partial charge in [-0.2, -0.15) is 0 Å². The van der Waals surface area contributed by atoms with Crippen molar-refractivity contribution >= 4 is 17.3 Å². The lowest BCUT2D eigenvalue weighted by Gasteiger charge is -2.20. The number of nitrogens with one attached hydrogen (secondary N) is 2. The molecule has 0 fully saturated rings. The fourth-order valence-corrected chi connectivity index (χ4v) is 2.37. The van der Waals surface area contributed by atoms with Gasteiger partial charge in [0.15, 0.2) is 0 Å². The highest BCUT2D eigenvalue weighted by atomic mass is 16.2. The molecule has 0 unspecified atom stereocenters. The molecule has 0 aliphatic heterocycles. The fourth-order valence-electron chi connectivity index (χ4n) is 2.37. The van der Waals surface area contributed by atoms with Gasteiger partial charge < -0.3 is 15.5 Å². The Morgan fingerprint density at radius 1 is 1.17 bits per heavy atom. The van der Waals surface area contributed by atoms with Crippen molar-refractivity contribution in [2.45, 2.75) is 19.5 Å². The maximum Gasteiger partial charge on any atom is 0.242 e. The van der Waals surface area contributed by atoms with Crippen molar-refractivity contribution in [3.8, 4) is 12.3 Å². The number of carbonyl (C=O) groups is 1. The monoisotopic (exact) mass is 321 g/mol. The fraction of sp³-hybridized carbons (Fsp3) is 0.250. The van der Waals surface area contributed by atoms with E-state index in [1.165, 1.54) is 5.56 Å². The van der Waals surface area contributed by atoms with Gasteiger partial charge in [0.2, 0.25) is 5.91 Å². The van der Waals surface area contributed by atoms with Crippen LogP contribution in [-0.4, -0.2) is 25.5 Å². The average molecular weight is 321 g/mol. The second kappa shape index (κ2) is 8.64. The van der Waals surface area contributed by atoms with Crippen LogP contribution in [0, 0.1) is 12.3 Å². The molecule has 0 saturated carbocycles. The molecule has 2 aromatic rings. The highest BCUT2D eigenvalue weighted by molar-refractivity contribution is 5.84. The molecule has 4 nitrogen and oxygen atoms in total. The number of carbonyl (C=O) groups excluding carboxylic acids is 1. The summed E-state index contributed by atoms with van der Waals surface area (Å²) in [6.07, 6.45) is 5.14. The van der Waals surface area contributed by atoms with Crippen molar-refractivity contribution in [1.82, 2.24) is 5.32 Å². The van der Waals surface area contributed by atoms with E-state index in [-0.39, 0.29) is 18.5 Å². The molecule has 2 aromatic carbocycles. The molecule has 124 valence electrons. The molecule has 2 N–H and O–H groups in total. The van der Waals surface area contributed by atoms with E-state index in [2.05, 4.69) is 40.6 Å². The van der Waals surface area contributed by atoms with Gasteiger partial charge in [0, 0.05) is 25.0 Å². The van der Waals surface area contributed by atoms with E-state index in [1.807, 2.05) is 42.5 Å². The Bertz CT molecular complexity index is 689. The number of rotatable bonds is 7. The third-order valence-electron chi connectivity index (χ3n) is 3.71. The second-order valence-corrected chi connectivity index (χ2v) is 5.68. The molecule has 0 heterocycles. The molecular weight excluding hydrogens is 298 g/mol. The Labute approximate surface area is 143 Å². The lowest BCUT2D eigenvalue weighted by molar-refractivity contribution is -0.121. The summed E-state index contributed by atoms with van der Waals surface area (Å²) in [5, 5.41) is 5.83. The molecule has 0 bridgehead atoms. The first-order valence-corrected chi connectivity index (χ1v) is 7.93. The Kier molecular flexibility index (Phi) is 6.27. The van der Waals surface area contributed by atoms with E-state index in [0.29, 0.717) is 0 Å². The first-order chi connectivity index (χ1) is 11.6. The lowest BCUT2D eigenvalue weighted by atomic mass is 10.2. The molecule has 2 rings (SSSR count). The largest absolute Gasteiger partial charge is 0.374 e. The van der Waals surface area contributed by atoms with Gasteiger partial charge in [0.05, 0.1) is 6.54 Å². The molecule has 4 heteroatoms. The maximum atomic E-state index is 11.8. The van der Waals surface area contributed by atoms with Crippen molar-refractivity contribution in [2.75, 3.05) is 23.8 Å². The Morgan fingerprint density at radius 2 is 1.83 bits per heavy atom. The van der Waals surface area contributed by atoms with Gasteiger partial charge in [-0.15, -0.1) is 6.42 Å². The summed E-state index contributed by atoms with van der Waals surface area (Å²) >= 11 is 0. The van der Waals surface area contributed by atoms with Crippen LogP contribution >= 0.6 is 0 Å². The molecule has 0 aliphatic rings. The van der Waals surface area contributed by atoms with Crippen molar-refractivity contribution < 1.29 is 4.79 Å². The third-order valence-corrected chi connectivity index (χ3v) is 3.71. The van der Waals surface area contributed by atoms with E-state index < -0.39 is 0 Å². The number of hydrogen-bond acceptors (Lipinski definition) is 3. The molecule has 0 aliphatic carbocycles. The molecule has 0 radical (unpaired) electrons. The molecule has 1 atom stereocenters. The van der Waals surface area contributed by atoms with Crippen LogP contribution in [-0.2, 0) is 11.3 Å². The minimum absolute atomic E-state index is 0.113. The van der Waals surface area contributed by atoms with Crippen molar-refractivity contribution in [2.24, 2.45) is 0 Å².